The number of unbranched alkanes of at least 4 members (excludes halogenated alkanes) is 23. The summed E-state index contributed by atoms with van der Waals surface area (Å²) in [4.78, 5) is 72.9. The lowest BCUT2D eigenvalue weighted by atomic mass is 10.0. The van der Waals surface area contributed by atoms with Crippen molar-refractivity contribution >= 4 is 39.5 Å². The zero-order chi connectivity index (χ0) is 74.6. The molecule has 0 heterocycles. The fourth-order valence-corrected chi connectivity index (χ4v) is 11.6. The van der Waals surface area contributed by atoms with E-state index in [2.05, 4.69) is 143 Å². The van der Waals surface area contributed by atoms with Crippen molar-refractivity contribution in [2.45, 2.75) is 316 Å². The molecule has 0 spiro atoms. The molecule has 0 fully saturated rings. The molecule has 0 bridgehead atoms. The number of hydrogen-bond donors (Lipinski definition) is 3. The van der Waals surface area contributed by atoms with Gasteiger partial charge < -0.3 is 33.8 Å². The van der Waals surface area contributed by atoms with E-state index in [4.69, 9.17) is 37.0 Å². The molecule has 0 radical (unpaired) electrons. The Labute approximate surface area is 617 Å². The third-order valence-electron chi connectivity index (χ3n) is 15.8. The van der Waals surface area contributed by atoms with E-state index in [-0.39, 0.29) is 25.7 Å². The van der Waals surface area contributed by atoms with Crippen LogP contribution in [0.15, 0.2) is 146 Å². The van der Waals surface area contributed by atoms with E-state index in [0.29, 0.717) is 32.1 Å². The third kappa shape index (κ3) is 73.3. The zero-order valence-corrected chi connectivity index (χ0v) is 65.3. The lowest BCUT2D eigenvalue weighted by molar-refractivity contribution is -0.161. The zero-order valence-electron chi connectivity index (χ0n) is 63.5. The number of aliphatic hydroxyl groups excluding tert-OH is 1. The van der Waals surface area contributed by atoms with Crippen LogP contribution in [0.1, 0.15) is 297 Å². The maximum Gasteiger partial charge on any atom is 0.472 e. The number of carbonyl (C=O) groups excluding carboxylic acids is 4. The van der Waals surface area contributed by atoms with Gasteiger partial charge in [-0.05, 0) is 122 Å². The molecule has 19 heteroatoms. The summed E-state index contributed by atoms with van der Waals surface area (Å²) >= 11 is 0. The van der Waals surface area contributed by atoms with Crippen LogP contribution in [0.25, 0.3) is 0 Å². The highest BCUT2D eigenvalue weighted by Crippen LogP contribution is 2.45. The van der Waals surface area contributed by atoms with Gasteiger partial charge in [-0.2, -0.15) is 0 Å². The van der Waals surface area contributed by atoms with Gasteiger partial charge in [0.1, 0.15) is 19.3 Å². The standard InChI is InChI=1S/C83H138O17P2/c1-5-9-13-17-21-25-29-33-37-38-42-44-48-52-56-60-64-68-81(86)94-74-79(100-83(88)70-66-62-58-54-50-46-41-36-32-28-24-20-16-12-8-4)76-98-102(91,92)96-72-77(84)71-95-101(89,90)97-75-78(99-82(87)69-65-61-57-53-49-45-40-35-31-27-23-19-15-11-7-3)73-93-80(85)67-63-59-55-51-47-43-39-34-30-26-22-18-14-10-6-2/h9-11,13-15,21-23,25-27,33-35,37,39-40,47,49,51,53,59,63,77-79,84H,5-8,12,16-20,24,28-32,36,38,41-46,48,50,52,54-58,60-62,64-76H2,1-4H3,(H,89,90)(H,91,92)/b13-9-,14-10-,15-11-,25-21-,26-22-,27-23-,37-33-,39-34-,40-35-,51-47-,53-49-,63-59-. The Hall–Kier alpha value is -5.06. The van der Waals surface area contributed by atoms with Crippen LogP contribution in [0.5, 0.6) is 0 Å². The van der Waals surface area contributed by atoms with Crippen LogP contribution in [0.3, 0.4) is 0 Å². The van der Waals surface area contributed by atoms with Gasteiger partial charge in [0.25, 0.3) is 0 Å². The third-order valence-corrected chi connectivity index (χ3v) is 17.7. The van der Waals surface area contributed by atoms with Crippen molar-refractivity contribution in [1.82, 2.24) is 0 Å². The molecule has 17 nitrogen and oxygen atoms in total. The van der Waals surface area contributed by atoms with Crippen LogP contribution in [0, 0.1) is 0 Å². The minimum absolute atomic E-state index is 0.0193. The second-order valence-electron chi connectivity index (χ2n) is 25.5. The Balaban J connectivity index is 5.46. The van der Waals surface area contributed by atoms with Gasteiger partial charge in [-0.1, -0.05) is 296 Å². The smallest absolute Gasteiger partial charge is 0.462 e. The highest BCUT2D eigenvalue weighted by Gasteiger charge is 2.30. The highest BCUT2D eigenvalue weighted by atomic mass is 31.2. The maximum absolute atomic E-state index is 13.1. The molecule has 0 saturated carbocycles. The normalized spacial score (nSPS) is 14.7. The van der Waals surface area contributed by atoms with Crippen molar-refractivity contribution in [2.24, 2.45) is 0 Å². The number of aliphatic hydroxyl groups is 1. The highest BCUT2D eigenvalue weighted by molar-refractivity contribution is 7.47. The van der Waals surface area contributed by atoms with Crippen LogP contribution in [0.2, 0.25) is 0 Å². The summed E-state index contributed by atoms with van der Waals surface area (Å²) in [5.41, 5.74) is 0. The summed E-state index contributed by atoms with van der Waals surface area (Å²) in [6.07, 6.45) is 84.4. The summed E-state index contributed by atoms with van der Waals surface area (Å²) in [7, 11) is -10.0. The van der Waals surface area contributed by atoms with Gasteiger partial charge in [0.15, 0.2) is 12.2 Å². The molecule has 3 N–H and O–H groups in total. The number of phosphoric ester groups is 2. The molecule has 0 saturated heterocycles. The summed E-state index contributed by atoms with van der Waals surface area (Å²) < 4.78 is 68.4. The van der Waals surface area contributed by atoms with E-state index in [1.54, 1.807) is 6.08 Å². The van der Waals surface area contributed by atoms with E-state index in [1.807, 2.05) is 24.3 Å². The second-order valence-corrected chi connectivity index (χ2v) is 28.4. The van der Waals surface area contributed by atoms with E-state index in [9.17, 15) is 43.2 Å². The van der Waals surface area contributed by atoms with Gasteiger partial charge in [0.2, 0.25) is 0 Å². The van der Waals surface area contributed by atoms with Crippen molar-refractivity contribution in [3.8, 4) is 0 Å². The van der Waals surface area contributed by atoms with Gasteiger partial charge >= 0.3 is 39.5 Å². The number of phosphoric acid groups is 2. The Kier molecular flexibility index (Phi) is 70.5. The second kappa shape index (κ2) is 74.2. The molecule has 5 unspecified atom stereocenters. The van der Waals surface area contributed by atoms with E-state index in [1.165, 1.54) is 64.2 Å². The molecule has 0 aliphatic carbocycles. The van der Waals surface area contributed by atoms with Crippen molar-refractivity contribution < 1.29 is 80.2 Å². The van der Waals surface area contributed by atoms with Crippen molar-refractivity contribution in [3.05, 3.63) is 146 Å². The molecule has 102 heavy (non-hydrogen) atoms. The van der Waals surface area contributed by atoms with Crippen molar-refractivity contribution in [2.75, 3.05) is 39.6 Å². The van der Waals surface area contributed by atoms with Gasteiger partial charge in [0, 0.05) is 19.3 Å². The summed E-state index contributed by atoms with van der Waals surface area (Å²) in [5, 5.41) is 10.6. The number of allylic oxidation sites excluding steroid dienone is 23. The van der Waals surface area contributed by atoms with Crippen LogP contribution in [-0.2, 0) is 65.4 Å². The summed E-state index contributed by atoms with van der Waals surface area (Å²) in [5.74, 6) is -2.38. The molecular weight excluding hydrogens is 1330 g/mol. The number of carbonyl (C=O) groups is 4. The van der Waals surface area contributed by atoms with Crippen molar-refractivity contribution in [3.63, 3.8) is 0 Å². The molecule has 0 aromatic carbocycles. The maximum atomic E-state index is 13.1. The lowest BCUT2D eigenvalue weighted by Crippen LogP contribution is -2.30. The summed E-state index contributed by atoms with van der Waals surface area (Å²) in [6.45, 7) is 4.37. The van der Waals surface area contributed by atoms with Gasteiger partial charge in [0.05, 0.1) is 32.8 Å². The van der Waals surface area contributed by atoms with Crippen molar-refractivity contribution in [1.29, 1.82) is 0 Å². The molecule has 0 aliphatic heterocycles. The largest absolute Gasteiger partial charge is 0.472 e. The monoisotopic (exact) mass is 1470 g/mol. The Bertz CT molecular complexity index is 2510. The first-order valence-corrected chi connectivity index (χ1v) is 42.1. The molecule has 0 aromatic rings. The molecule has 0 aliphatic rings. The molecule has 0 rings (SSSR count). The first-order valence-electron chi connectivity index (χ1n) is 39.1. The molecule has 0 aromatic heterocycles. The Morgan fingerprint density at radius 2 is 0.549 bits per heavy atom. The minimum atomic E-state index is -5.01. The van der Waals surface area contributed by atoms with Gasteiger partial charge in [-0.15, -0.1) is 0 Å². The van der Waals surface area contributed by atoms with Gasteiger partial charge in [-0.25, -0.2) is 9.13 Å². The quantitative estimate of drug-likeness (QED) is 0.0169. The van der Waals surface area contributed by atoms with E-state index in [0.717, 1.165) is 148 Å². The Morgan fingerprint density at radius 3 is 0.892 bits per heavy atom. The minimum Gasteiger partial charge on any atom is -0.462 e. The van der Waals surface area contributed by atoms with E-state index >= 15 is 0 Å². The predicted molar refractivity (Wildman–Crippen MR) is 417 cm³/mol. The molecular formula is C83H138O17P2. The molecule has 582 valence electrons. The number of rotatable bonds is 72. The lowest BCUT2D eigenvalue weighted by Gasteiger charge is -2.21. The van der Waals surface area contributed by atoms with Crippen LogP contribution < -0.4 is 0 Å². The molecule has 5 atom stereocenters. The first kappa shape index (κ1) is 96.9. The van der Waals surface area contributed by atoms with Crippen LogP contribution in [0.4, 0.5) is 0 Å². The fraction of sp³-hybridized carbons (Fsp3) is 0.663. The SMILES string of the molecule is CC/C=C\C/C=C\C/C=C\C/C=C\C/C=C\CC(=O)OCC(COP(=O)(O)OCC(O)COP(=O)(O)OCC(COC(=O)CCCCCCCCC/C=C\C/C=C\C/C=C\CC)OC(=O)CCCCCCCCCCCCCCCCC)OC(=O)CCCC/C=C\C/C=C\C/C=C\C/C=C\CC. The number of hydrogen-bond acceptors (Lipinski definition) is 15. The first-order chi connectivity index (χ1) is 49.7. The average molecular weight is 1470 g/mol. The fourth-order valence-electron chi connectivity index (χ4n) is 10.0. The molecule has 0 amide bonds. The van der Waals surface area contributed by atoms with E-state index < -0.39 is 97.5 Å². The number of ether oxygens (including phenoxy) is 4. The van der Waals surface area contributed by atoms with Crippen LogP contribution in [-0.4, -0.2) is 96.7 Å². The summed E-state index contributed by atoms with van der Waals surface area (Å²) in [6, 6.07) is 0. The number of esters is 4. The predicted octanol–water partition coefficient (Wildman–Crippen LogP) is 22.7. The van der Waals surface area contributed by atoms with Crippen LogP contribution >= 0.6 is 15.6 Å². The van der Waals surface area contributed by atoms with Gasteiger partial charge in [-0.3, -0.25) is 37.3 Å². The topological polar surface area (TPSA) is 237 Å². The average Bonchev–Trinajstić information content (AvgIpc) is 0.926. The Morgan fingerprint density at radius 1 is 0.294 bits per heavy atom.